The molecule has 0 spiro atoms. The second-order valence-corrected chi connectivity index (χ2v) is 21.7. The highest BCUT2D eigenvalue weighted by atomic mass is 16.6. The van der Waals surface area contributed by atoms with Crippen LogP contribution in [0.5, 0.6) is 0 Å². The van der Waals surface area contributed by atoms with Gasteiger partial charge in [0.25, 0.3) is 0 Å². The van der Waals surface area contributed by atoms with Crippen molar-refractivity contribution in [1.29, 1.82) is 0 Å². The van der Waals surface area contributed by atoms with Gasteiger partial charge in [-0.25, -0.2) is 0 Å². The minimum atomic E-state index is -0.770. The van der Waals surface area contributed by atoms with E-state index < -0.39 is 6.10 Å². The number of ether oxygens (including phenoxy) is 3. The van der Waals surface area contributed by atoms with E-state index in [1.165, 1.54) is 231 Å². The average molecular weight is 1010 g/mol. The van der Waals surface area contributed by atoms with Crippen LogP contribution in [0.4, 0.5) is 0 Å². The van der Waals surface area contributed by atoms with E-state index in [2.05, 4.69) is 57.2 Å². The molecule has 6 nitrogen and oxygen atoms in total. The van der Waals surface area contributed by atoms with Gasteiger partial charge >= 0.3 is 17.9 Å². The summed E-state index contributed by atoms with van der Waals surface area (Å²) < 4.78 is 16.8. The maximum Gasteiger partial charge on any atom is 0.306 e. The number of carbonyl (C=O) groups is 3. The number of rotatable bonds is 59. The topological polar surface area (TPSA) is 78.9 Å². The Hall–Kier alpha value is -2.37. The lowest BCUT2D eigenvalue weighted by Gasteiger charge is -2.18. The molecule has 0 rings (SSSR count). The predicted octanol–water partition coefficient (Wildman–Crippen LogP) is 21.6. The molecule has 0 aliphatic rings. The van der Waals surface area contributed by atoms with Crippen molar-refractivity contribution >= 4 is 17.9 Å². The SMILES string of the molecule is CCCCCC/C=C\C/C=C\CCCCCCCCCC(=O)OC(COC(=O)CCCCCCC)COC(=O)CCCCCCCCCCCCCCCCCCCCC/C=C\CCCCCCCCCC. The Morgan fingerprint density at radius 3 is 0.792 bits per heavy atom. The van der Waals surface area contributed by atoms with Gasteiger partial charge in [0, 0.05) is 19.3 Å². The molecule has 0 aliphatic carbocycles. The molecule has 0 saturated heterocycles. The van der Waals surface area contributed by atoms with Crippen LogP contribution in [-0.4, -0.2) is 37.2 Å². The molecule has 0 radical (unpaired) electrons. The fourth-order valence-electron chi connectivity index (χ4n) is 9.53. The van der Waals surface area contributed by atoms with Crippen LogP contribution in [0.3, 0.4) is 0 Å². The second-order valence-electron chi connectivity index (χ2n) is 21.7. The molecule has 0 heterocycles. The molecule has 0 N–H and O–H groups in total. The van der Waals surface area contributed by atoms with E-state index in [9.17, 15) is 14.4 Å². The molecule has 0 amide bonds. The summed E-state index contributed by atoms with van der Waals surface area (Å²) in [6.07, 6.45) is 75.0. The lowest BCUT2D eigenvalue weighted by Crippen LogP contribution is -2.30. The Labute approximate surface area is 448 Å². The van der Waals surface area contributed by atoms with Crippen LogP contribution in [0.15, 0.2) is 36.5 Å². The maximum atomic E-state index is 12.8. The molecular weight excluding hydrogens is 889 g/mol. The van der Waals surface area contributed by atoms with Crippen LogP contribution in [0.1, 0.15) is 348 Å². The summed E-state index contributed by atoms with van der Waals surface area (Å²) in [6.45, 7) is 6.58. The lowest BCUT2D eigenvalue weighted by molar-refractivity contribution is -0.167. The van der Waals surface area contributed by atoms with Crippen molar-refractivity contribution in [1.82, 2.24) is 0 Å². The summed E-state index contributed by atoms with van der Waals surface area (Å²) in [5.41, 5.74) is 0. The van der Waals surface area contributed by atoms with Gasteiger partial charge in [-0.15, -0.1) is 0 Å². The second kappa shape index (κ2) is 61.2. The van der Waals surface area contributed by atoms with Crippen LogP contribution in [0.2, 0.25) is 0 Å². The minimum absolute atomic E-state index is 0.0720. The van der Waals surface area contributed by atoms with E-state index in [0.29, 0.717) is 19.3 Å². The number of allylic oxidation sites excluding steroid dienone is 6. The van der Waals surface area contributed by atoms with Gasteiger partial charge in [-0.1, -0.05) is 288 Å². The summed E-state index contributed by atoms with van der Waals surface area (Å²) in [7, 11) is 0. The van der Waals surface area contributed by atoms with Gasteiger partial charge < -0.3 is 14.2 Å². The minimum Gasteiger partial charge on any atom is -0.462 e. The highest BCUT2D eigenvalue weighted by Crippen LogP contribution is 2.17. The monoisotopic (exact) mass is 1010 g/mol. The van der Waals surface area contributed by atoms with Crippen molar-refractivity contribution in [3.63, 3.8) is 0 Å². The first kappa shape index (κ1) is 69.6. The highest BCUT2D eigenvalue weighted by molar-refractivity contribution is 5.71. The number of esters is 3. The van der Waals surface area contributed by atoms with E-state index >= 15 is 0 Å². The average Bonchev–Trinajstić information content (AvgIpc) is 3.38. The smallest absolute Gasteiger partial charge is 0.306 e. The molecule has 6 heteroatoms. The van der Waals surface area contributed by atoms with Crippen LogP contribution < -0.4 is 0 Å². The number of unbranched alkanes of at least 4 members (excludes halogenated alkanes) is 42. The van der Waals surface area contributed by atoms with Crippen LogP contribution in [0, 0.1) is 0 Å². The van der Waals surface area contributed by atoms with Crippen LogP contribution in [0.25, 0.3) is 0 Å². The van der Waals surface area contributed by atoms with Crippen molar-refractivity contribution in [3.05, 3.63) is 36.5 Å². The molecule has 72 heavy (non-hydrogen) atoms. The van der Waals surface area contributed by atoms with Gasteiger partial charge in [0.05, 0.1) is 0 Å². The Morgan fingerprint density at radius 2 is 0.500 bits per heavy atom. The zero-order valence-electron chi connectivity index (χ0n) is 48.5. The quantitative estimate of drug-likeness (QED) is 0.0261. The first-order chi connectivity index (χ1) is 35.5. The van der Waals surface area contributed by atoms with Crippen molar-refractivity contribution in [2.45, 2.75) is 354 Å². The standard InChI is InChI=1S/C66H122O6/c1-4-7-10-13-15-17-19-21-23-25-27-28-29-30-31-32-33-34-35-36-37-38-39-41-42-44-46-48-50-53-56-59-65(68)71-62-63(61-70-64(67)58-55-52-12-9-6-3)72-66(69)60-57-54-51-49-47-45-43-40-26-24-22-20-18-16-14-11-8-5-2/h18,20,24-27,63H,4-17,19,21-23,28-62H2,1-3H3/b20-18-,26-24-,27-25-. The van der Waals surface area contributed by atoms with Gasteiger partial charge in [0.1, 0.15) is 13.2 Å². The van der Waals surface area contributed by atoms with Crippen molar-refractivity contribution in [3.8, 4) is 0 Å². The van der Waals surface area contributed by atoms with E-state index in [0.717, 1.165) is 77.0 Å². The molecule has 0 bridgehead atoms. The molecular formula is C66H122O6. The lowest BCUT2D eigenvalue weighted by atomic mass is 10.0. The first-order valence-corrected chi connectivity index (χ1v) is 32.0. The molecule has 0 aromatic carbocycles. The fourth-order valence-corrected chi connectivity index (χ4v) is 9.53. The van der Waals surface area contributed by atoms with Gasteiger partial charge in [0.15, 0.2) is 6.10 Å². The predicted molar refractivity (Wildman–Crippen MR) is 312 cm³/mol. The maximum absolute atomic E-state index is 12.8. The van der Waals surface area contributed by atoms with Crippen molar-refractivity contribution in [2.24, 2.45) is 0 Å². The first-order valence-electron chi connectivity index (χ1n) is 32.0. The Morgan fingerprint density at radius 1 is 0.278 bits per heavy atom. The van der Waals surface area contributed by atoms with Gasteiger partial charge in [-0.05, 0) is 77.0 Å². The van der Waals surface area contributed by atoms with E-state index in [-0.39, 0.29) is 31.1 Å². The van der Waals surface area contributed by atoms with Gasteiger partial charge in [-0.3, -0.25) is 14.4 Å². The Kier molecular flexibility index (Phi) is 59.2. The molecule has 0 aliphatic heterocycles. The normalized spacial score (nSPS) is 12.2. The van der Waals surface area contributed by atoms with Crippen LogP contribution in [-0.2, 0) is 28.6 Å². The van der Waals surface area contributed by atoms with E-state index in [1.54, 1.807) is 0 Å². The number of hydrogen-bond acceptors (Lipinski definition) is 6. The van der Waals surface area contributed by atoms with E-state index in [4.69, 9.17) is 14.2 Å². The largest absolute Gasteiger partial charge is 0.462 e. The molecule has 1 atom stereocenters. The summed E-state index contributed by atoms with van der Waals surface area (Å²) >= 11 is 0. The summed E-state index contributed by atoms with van der Waals surface area (Å²) in [5.74, 6) is -0.876. The molecule has 0 aromatic rings. The number of carbonyl (C=O) groups excluding carboxylic acids is 3. The molecule has 0 saturated carbocycles. The van der Waals surface area contributed by atoms with Gasteiger partial charge in [0.2, 0.25) is 0 Å². The third kappa shape index (κ3) is 58.5. The Bertz CT molecular complexity index is 1210. The summed E-state index contributed by atoms with van der Waals surface area (Å²) in [4.78, 5) is 37.9. The summed E-state index contributed by atoms with van der Waals surface area (Å²) in [5, 5.41) is 0. The molecule has 1 unspecified atom stereocenters. The highest BCUT2D eigenvalue weighted by Gasteiger charge is 2.19. The summed E-state index contributed by atoms with van der Waals surface area (Å²) in [6, 6.07) is 0. The molecule has 422 valence electrons. The number of hydrogen-bond donors (Lipinski definition) is 0. The van der Waals surface area contributed by atoms with E-state index in [1.807, 2.05) is 0 Å². The molecule has 0 aromatic heterocycles. The molecule has 0 fully saturated rings. The fraction of sp³-hybridized carbons (Fsp3) is 0.864. The Balaban J connectivity index is 3.93. The van der Waals surface area contributed by atoms with Crippen molar-refractivity contribution in [2.75, 3.05) is 13.2 Å². The van der Waals surface area contributed by atoms with Gasteiger partial charge in [-0.2, -0.15) is 0 Å². The zero-order valence-corrected chi connectivity index (χ0v) is 48.5. The van der Waals surface area contributed by atoms with Crippen LogP contribution >= 0.6 is 0 Å². The third-order valence-electron chi connectivity index (χ3n) is 14.4. The zero-order chi connectivity index (χ0) is 52.2. The third-order valence-corrected chi connectivity index (χ3v) is 14.4. The van der Waals surface area contributed by atoms with Crippen molar-refractivity contribution < 1.29 is 28.6 Å².